The smallest absolute Gasteiger partial charge is 0.253 e. The predicted molar refractivity (Wildman–Crippen MR) is 82.3 cm³/mol. The van der Waals surface area contributed by atoms with E-state index in [1.54, 1.807) is 11.8 Å². The molecule has 2 unspecified atom stereocenters. The Labute approximate surface area is 126 Å². The number of thioether (sulfide) groups is 1. The molecular weight excluding hydrogens is 326 g/mol. The summed E-state index contributed by atoms with van der Waals surface area (Å²) in [5.74, 6) is 1.12. The second-order valence-electron chi connectivity index (χ2n) is 5.04. The van der Waals surface area contributed by atoms with Gasteiger partial charge in [-0.3, -0.25) is 4.79 Å². The number of aliphatic hydroxyl groups is 1. The molecule has 2 N–H and O–H groups in total. The summed E-state index contributed by atoms with van der Waals surface area (Å²) in [4.78, 5) is 12.1. The molecule has 0 aromatic heterocycles. The lowest BCUT2D eigenvalue weighted by atomic mass is 10.0. The van der Waals surface area contributed by atoms with E-state index in [1.807, 2.05) is 31.2 Å². The highest BCUT2D eigenvalue weighted by molar-refractivity contribution is 9.10. The highest BCUT2D eigenvalue weighted by Gasteiger charge is 2.39. The molecule has 2 atom stereocenters. The summed E-state index contributed by atoms with van der Waals surface area (Å²) in [5.41, 5.74) is -0.00844. The molecule has 1 aliphatic rings. The summed E-state index contributed by atoms with van der Waals surface area (Å²) in [6, 6.07) is 8.05. The molecule has 19 heavy (non-hydrogen) atoms. The van der Waals surface area contributed by atoms with E-state index in [1.165, 1.54) is 0 Å². The molecule has 2 rings (SSSR count). The number of hydrogen-bond donors (Lipinski definition) is 2. The van der Waals surface area contributed by atoms with Gasteiger partial charge in [0.15, 0.2) is 5.60 Å². The summed E-state index contributed by atoms with van der Waals surface area (Å²) >= 11 is 5.06. The minimum atomic E-state index is -1.17. The molecule has 3 nitrogen and oxygen atoms in total. The van der Waals surface area contributed by atoms with E-state index >= 15 is 0 Å². The van der Waals surface area contributed by atoms with Crippen LogP contribution in [0.3, 0.4) is 0 Å². The first kappa shape index (κ1) is 14.9. The van der Waals surface area contributed by atoms with Crippen LogP contribution >= 0.6 is 27.7 Å². The molecule has 5 heteroatoms. The number of carbonyl (C=O) groups excluding carboxylic acids is 1. The Morgan fingerprint density at radius 3 is 3.05 bits per heavy atom. The third-order valence-electron chi connectivity index (χ3n) is 3.23. The molecule has 1 amide bonds. The van der Waals surface area contributed by atoms with Gasteiger partial charge in [-0.05, 0) is 43.2 Å². The fourth-order valence-electron chi connectivity index (χ4n) is 2.16. The van der Waals surface area contributed by atoms with Crippen LogP contribution in [-0.2, 0) is 11.2 Å². The van der Waals surface area contributed by atoms with Crippen LogP contribution in [0.5, 0.6) is 0 Å². The Hall–Kier alpha value is -0.520. The van der Waals surface area contributed by atoms with Crippen LogP contribution in [0.1, 0.15) is 18.9 Å². The van der Waals surface area contributed by atoms with Crippen molar-refractivity contribution in [3.63, 3.8) is 0 Å². The third-order valence-corrected chi connectivity index (χ3v) is 4.90. The van der Waals surface area contributed by atoms with E-state index in [9.17, 15) is 9.90 Å². The van der Waals surface area contributed by atoms with Gasteiger partial charge in [0.1, 0.15) is 0 Å². The summed E-state index contributed by atoms with van der Waals surface area (Å²) in [5, 5.41) is 13.1. The van der Waals surface area contributed by atoms with Gasteiger partial charge in [0.2, 0.25) is 0 Å². The molecule has 1 aliphatic heterocycles. The molecular formula is C14H18BrNO2S. The van der Waals surface area contributed by atoms with Crippen LogP contribution in [-0.4, -0.2) is 34.2 Å². The molecule has 0 saturated carbocycles. The number of halogens is 1. The minimum absolute atomic E-state index is 0.0106. The standard InChI is InChI=1S/C14H18BrNO2S/c1-10(7-11-3-2-4-12(15)8-11)16-13(17)14(18)5-6-19-9-14/h2-4,8,10,18H,5-7,9H2,1H3,(H,16,17). The average Bonchev–Trinajstić information content (AvgIpc) is 2.77. The van der Waals surface area contributed by atoms with E-state index < -0.39 is 5.60 Å². The number of amides is 1. The second-order valence-corrected chi connectivity index (χ2v) is 7.06. The zero-order valence-corrected chi connectivity index (χ0v) is 13.3. The first-order valence-corrected chi connectivity index (χ1v) is 8.30. The molecule has 1 aromatic rings. The minimum Gasteiger partial charge on any atom is -0.379 e. The maximum absolute atomic E-state index is 12.1. The van der Waals surface area contributed by atoms with Crippen LogP contribution in [0, 0.1) is 0 Å². The van der Waals surface area contributed by atoms with Gasteiger partial charge in [-0.1, -0.05) is 28.1 Å². The Morgan fingerprint density at radius 2 is 2.42 bits per heavy atom. The Bertz CT molecular complexity index is 461. The van der Waals surface area contributed by atoms with E-state index in [4.69, 9.17) is 0 Å². The van der Waals surface area contributed by atoms with Crippen LogP contribution < -0.4 is 5.32 Å². The normalized spacial score (nSPS) is 24.2. The monoisotopic (exact) mass is 343 g/mol. The molecule has 0 bridgehead atoms. The van der Waals surface area contributed by atoms with Crippen LogP contribution in [0.4, 0.5) is 0 Å². The van der Waals surface area contributed by atoms with Crippen molar-refractivity contribution in [1.29, 1.82) is 0 Å². The first-order valence-electron chi connectivity index (χ1n) is 6.35. The maximum atomic E-state index is 12.1. The van der Waals surface area contributed by atoms with Crippen LogP contribution in [0.25, 0.3) is 0 Å². The topological polar surface area (TPSA) is 49.3 Å². The maximum Gasteiger partial charge on any atom is 0.253 e. The lowest BCUT2D eigenvalue weighted by molar-refractivity contribution is -0.137. The molecule has 104 valence electrons. The number of hydrogen-bond acceptors (Lipinski definition) is 3. The second kappa shape index (κ2) is 6.29. The molecule has 1 aromatic carbocycles. The van der Waals surface area contributed by atoms with Crippen molar-refractivity contribution in [2.45, 2.75) is 31.4 Å². The van der Waals surface area contributed by atoms with Gasteiger partial charge < -0.3 is 10.4 Å². The van der Waals surface area contributed by atoms with Crippen molar-refractivity contribution in [2.24, 2.45) is 0 Å². The number of rotatable bonds is 4. The quantitative estimate of drug-likeness (QED) is 0.882. The summed E-state index contributed by atoms with van der Waals surface area (Å²) < 4.78 is 1.04. The van der Waals surface area contributed by atoms with E-state index in [-0.39, 0.29) is 11.9 Å². The van der Waals surface area contributed by atoms with Gasteiger partial charge in [0.05, 0.1) is 0 Å². The van der Waals surface area contributed by atoms with Crippen molar-refractivity contribution >= 4 is 33.6 Å². The highest BCUT2D eigenvalue weighted by atomic mass is 79.9. The van der Waals surface area contributed by atoms with Crippen LogP contribution in [0.2, 0.25) is 0 Å². The van der Waals surface area contributed by atoms with Crippen molar-refractivity contribution in [3.05, 3.63) is 34.3 Å². The van der Waals surface area contributed by atoms with Gasteiger partial charge >= 0.3 is 0 Å². The molecule has 1 heterocycles. The third kappa shape index (κ3) is 3.97. The molecule has 1 fully saturated rings. The van der Waals surface area contributed by atoms with Gasteiger partial charge in [-0.15, -0.1) is 0 Å². The van der Waals surface area contributed by atoms with Gasteiger partial charge in [-0.2, -0.15) is 11.8 Å². The zero-order chi connectivity index (χ0) is 13.9. The zero-order valence-electron chi connectivity index (χ0n) is 10.9. The largest absolute Gasteiger partial charge is 0.379 e. The molecule has 0 radical (unpaired) electrons. The Balaban J connectivity index is 1.90. The van der Waals surface area contributed by atoms with Crippen molar-refractivity contribution < 1.29 is 9.90 Å². The first-order chi connectivity index (χ1) is 8.99. The van der Waals surface area contributed by atoms with E-state index in [0.29, 0.717) is 12.2 Å². The Morgan fingerprint density at radius 1 is 1.63 bits per heavy atom. The average molecular weight is 344 g/mol. The van der Waals surface area contributed by atoms with Crippen molar-refractivity contribution in [2.75, 3.05) is 11.5 Å². The fraction of sp³-hybridized carbons (Fsp3) is 0.500. The highest BCUT2D eigenvalue weighted by Crippen LogP contribution is 2.28. The summed E-state index contributed by atoms with van der Waals surface area (Å²) in [7, 11) is 0. The summed E-state index contributed by atoms with van der Waals surface area (Å²) in [6.07, 6.45) is 1.31. The number of nitrogens with one attached hydrogen (secondary N) is 1. The summed E-state index contributed by atoms with van der Waals surface area (Å²) in [6.45, 7) is 1.96. The fourth-order valence-corrected chi connectivity index (χ4v) is 3.85. The molecule has 1 saturated heterocycles. The lowest BCUT2D eigenvalue weighted by Crippen LogP contribution is -2.50. The van der Waals surface area contributed by atoms with Crippen molar-refractivity contribution in [1.82, 2.24) is 5.32 Å². The Kier molecular flexibility index (Phi) is 4.92. The molecule has 0 spiro atoms. The SMILES string of the molecule is CC(Cc1cccc(Br)c1)NC(=O)C1(O)CCSC1. The lowest BCUT2D eigenvalue weighted by Gasteiger charge is -2.23. The van der Waals surface area contributed by atoms with E-state index in [0.717, 1.165) is 22.2 Å². The van der Waals surface area contributed by atoms with Crippen molar-refractivity contribution in [3.8, 4) is 0 Å². The van der Waals surface area contributed by atoms with Crippen LogP contribution in [0.15, 0.2) is 28.7 Å². The van der Waals surface area contributed by atoms with Gasteiger partial charge in [0.25, 0.3) is 5.91 Å². The number of carbonyl (C=O) groups is 1. The molecule has 0 aliphatic carbocycles. The van der Waals surface area contributed by atoms with E-state index in [2.05, 4.69) is 21.2 Å². The number of benzene rings is 1. The van der Waals surface area contributed by atoms with Gasteiger partial charge in [-0.25, -0.2) is 0 Å². The predicted octanol–water partition coefficient (Wildman–Crippen LogP) is 2.36. The van der Waals surface area contributed by atoms with Gasteiger partial charge in [0, 0.05) is 16.3 Å².